The lowest BCUT2D eigenvalue weighted by Gasteiger charge is -2.19. The van der Waals surface area contributed by atoms with Crippen molar-refractivity contribution < 1.29 is 22.0 Å². The first-order chi connectivity index (χ1) is 14.8. The van der Waals surface area contributed by atoms with E-state index in [1.54, 1.807) is 18.4 Å². The summed E-state index contributed by atoms with van der Waals surface area (Å²) >= 11 is 0. The van der Waals surface area contributed by atoms with E-state index in [4.69, 9.17) is 8.83 Å². The van der Waals surface area contributed by atoms with Crippen LogP contribution < -0.4 is 10.0 Å². The second-order valence-electron chi connectivity index (χ2n) is 7.93. The van der Waals surface area contributed by atoms with Gasteiger partial charge < -0.3 is 14.2 Å². The molecule has 0 saturated carbocycles. The van der Waals surface area contributed by atoms with Gasteiger partial charge in [-0.25, -0.2) is 8.42 Å². The maximum Gasteiger partial charge on any atom is 0.241 e. The molecule has 162 valence electrons. The van der Waals surface area contributed by atoms with E-state index in [1.807, 2.05) is 38.1 Å². The van der Waals surface area contributed by atoms with Crippen LogP contribution in [-0.4, -0.2) is 26.9 Å². The fraction of sp³-hybridized carbons (Fsp3) is 0.261. The minimum atomic E-state index is -3.94. The fourth-order valence-corrected chi connectivity index (χ4v) is 4.59. The van der Waals surface area contributed by atoms with Gasteiger partial charge in [-0.05, 0) is 60.4 Å². The number of sulfonamides is 1. The second-order valence-corrected chi connectivity index (χ2v) is 9.64. The molecule has 0 radical (unpaired) electrons. The molecular weight excluding hydrogens is 416 g/mol. The molecule has 4 rings (SSSR count). The van der Waals surface area contributed by atoms with Crippen LogP contribution in [0.2, 0.25) is 0 Å². The van der Waals surface area contributed by atoms with Crippen LogP contribution >= 0.6 is 0 Å². The highest BCUT2D eigenvalue weighted by Crippen LogP contribution is 2.21. The van der Waals surface area contributed by atoms with E-state index in [2.05, 4.69) is 10.0 Å². The quantitative estimate of drug-likeness (QED) is 0.433. The van der Waals surface area contributed by atoms with Crippen molar-refractivity contribution in [2.45, 2.75) is 31.2 Å². The van der Waals surface area contributed by atoms with E-state index < -0.39 is 16.1 Å². The number of hydrogen-bond acceptors (Lipinski definition) is 5. The van der Waals surface area contributed by atoms with Crippen LogP contribution in [-0.2, 0) is 21.2 Å². The van der Waals surface area contributed by atoms with Gasteiger partial charge >= 0.3 is 0 Å². The highest BCUT2D eigenvalue weighted by molar-refractivity contribution is 7.89. The van der Waals surface area contributed by atoms with Crippen LogP contribution in [0.3, 0.4) is 0 Å². The molecule has 31 heavy (non-hydrogen) atoms. The zero-order valence-corrected chi connectivity index (χ0v) is 18.1. The number of rotatable bonds is 8. The summed E-state index contributed by atoms with van der Waals surface area (Å²) < 4.78 is 39.4. The highest BCUT2D eigenvalue weighted by atomic mass is 32.2. The topological polar surface area (TPSA) is 102 Å². The number of furan rings is 2. The van der Waals surface area contributed by atoms with Crippen LogP contribution in [0.4, 0.5) is 0 Å². The van der Waals surface area contributed by atoms with Crippen molar-refractivity contribution in [2.24, 2.45) is 5.92 Å². The first kappa shape index (κ1) is 21.1. The lowest BCUT2D eigenvalue weighted by molar-refractivity contribution is -0.122. The molecule has 0 spiro atoms. The van der Waals surface area contributed by atoms with Crippen molar-refractivity contribution in [1.29, 1.82) is 0 Å². The average Bonchev–Trinajstić information content (AvgIpc) is 3.39. The molecule has 0 saturated heterocycles. The molecule has 7 nitrogen and oxygen atoms in total. The fourth-order valence-electron chi connectivity index (χ4n) is 3.36. The SMILES string of the molecule is CC(C)CNC(=O)[C@@H](Cc1ccc2occc2c1)NS(=O)(=O)c1ccc2occc2c1. The third-order valence-corrected chi connectivity index (χ3v) is 6.46. The van der Waals surface area contributed by atoms with Crippen molar-refractivity contribution in [3.63, 3.8) is 0 Å². The molecule has 2 heterocycles. The van der Waals surface area contributed by atoms with Gasteiger partial charge in [0.15, 0.2) is 0 Å². The average molecular weight is 441 g/mol. The smallest absolute Gasteiger partial charge is 0.241 e. The summed E-state index contributed by atoms with van der Waals surface area (Å²) in [5.41, 5.74) is 2.16. The van der Waals surface area contributed by atoms with Gasteiger partial charge in [0.25, 0.3) is 0 Å². The summed E-state index contributed by atoms with van der Waals surface area (Å²) in [6.45, 7) is 4.41. The maximum absolute atomic E-state index is 13.1. The summed E-state index contributed by atoms with van der Waals surface area (Å²) in [4.78, 5) is 13.0. The molecule has 0 aliphatic rings. The second kappa shape index (κ2) is 8.56. The van der Waals surface area contributed by atoms with Crippen LogP contribution in [0.1, 0.15) is 19.4 Å². The van der Waals surface area contributed by atoms with Crippen molar-refractivity contribution in [3.05, 3.63) is 66.6 Å². The molecule has 2 aromatic carbocycles. The predicted octanol–water partition coefficient (Wildman–Crippen LogP) is 3.84. The lowest BCUT2D eigenvalue weighted by Crippen LogP contribution is -2.48. The molecular formula is C23H24N2O5S. The molecule has 4 aromatic rings. The molecule has 1 atom stereocenters. The summed E-state index contributed by atoms with van der Waals surface area (Å²) in [5, 5.41) is 4.41. The van der Waals surface area contributed by atoms with Crippen molar-refractivity contribution in [1.82, 2.24) is 10.0 Å². The van der Waals surface area contributed by atoms with E-state index in [0.29, 0.717) is 17.5 Å². The standard InChI is InChI=1S/C23H24N2O5S/c1-15(2)14-24-23(26)20(12-16-3-5-21-17(11-16)7-9-29-21)25-31(27,28)19-4-6-22-18(13-19)8-10-30-22/h3-11,13,15,20,25H,12,14H2,1-2H3,(H,24,26)/t20-/m1/s1. The number of carbonyl (C=O) groups is 1. The van der Waals surface area contributed by atoms with Gasteiger partial charge in [-0.15, -0.1) is 0 Å². The van der Waals surface area contributed by atoms with Gasteiger partial charge in [0, 0.05) is 17.3 Å². The number of hydrogen-bond donors (Lipinski definition) is 2. The third kappa shape index (κ3) is 4.81. The maximum atomic E-state index is 13.1. The molecule has 8 heteroatoms. The first-order valence-corrected chi connectivity index (χ1v) is 11.5. The lowest BCUT2D eigenvalue weighted by atomic mass is 10.0. The van der Waals surface area contributed by atoms with Gasteiger partial charge in [-0.1, -0.05) is 19.9 Å². The van der Waals surface area contributed by atoms with Crippen LogP contribution in [0.15, 0.2) is 74.8 Å². The van der Waals surface area contributed by atoms with Crippen molar-refractivity contribution in [2.75, 3.05) is 6.54 Å². The highest BCUT2D eigenvalue weighted by Gasteiger charge is 2.26. The predicted molar refractivity (Wildman–Crippen MR) is 118 cm³/mol. The van der Waals surface area contributed by atoms with Gasteiger partial charge in [0.05, 0.1) is 17.4 Å². The minimum absolute atomic E-state index is 0.0772. The first-order valence-electron chi connectivity index (χ1n) is 10.1. The summed E-state index contributed by atoms with van der Waals surface area (Å²) in [6.07, 6.45) is 3.30. The van der Waals surface area contributed by atoms with Crippen molar-refractivity contribution >= 4 is 37.9 Å². The van der Waals surface area contributed by atoms with Crippen LogP contribution in [0.25, 0.3) is 21.9 Å². The van der Waals surface area contributed by atoms with E-state index in [-0.39, 0.29) is 23.1 Å². The Balaban J connectivity index is 1.61. The Morgan fingerprint density at radius 1 is 0.935 bits per heavy atom. The zero-order valence-electron chi connectivity index (χ0n) is 17.3. The molecule has 0 bridgehead atoms. The van der Waals surface area contributed by atoms with E-state index in [1.165, 1.54) is 18.4 Å². The number of benzene rings is 2. The monoisotopic (exact) mass is 440 g/mol. The Kier molecular flexibility index (Phi) is 5.84. The summed E-state index contributed by atoms with van der Waals surface area (Å²) in [7, 11) is -3.94. The Hall–Kier alpha value is -3.10. The Morgan fingerprint density at radius 2 is 1.58 bits per heavy atom. The van der Waals surface area contributed by atoms with E-state index >= 15 is 0 Å². The third-order valence-electron chi connectivity index (χ3n) is 4.99. The largest absolute Gasteiger partial charge is 0.464 e. The van der Waals surface area contributed by atoms with Gasteiger partial charge in [0.1, 0.15) is 17.2 Å². The normalized spacial score (nSPS) is 13.1. The number of amides is 1. The van der Waals surface area contributed by atoms with Crippen molar-refractivity contribution in [3.8, 4) is 0 Å². The van der Waals surface area contributed by atoms with Crippen LogP contribution in [0.5, 0.6) is 0 Å². The Bertz CT molecular complexity index is 1320. The molecule has 0 aliphatic heterocycles. The molecule has 0 aliphatic carbocycles. The number of fused-ring (bicyclic) bond motifs is 2. The van der Waals surface area contributed by atoms with Gasteiger partial charge in [-0.2, -0.15) is 4.72 Å². The Labute approximate surface area is 180 Å². The number of carbonyl (C=O) groups excluding carboxylic acids is 1. The molecule has 0 fully saturated rings. The zero-order chi connectivity index (χ0) is 22.0. The summed E-state index contributed by atoms with van der Waals surface area (Å²) in [6, 6.07) is 12.7. The van der Waals surface area contributed by atoms with E-state index in [0.717, 1.165) is 16.5 Å². The minimum Gasteiger partial charge on any atom is -0.464 e. The van der Waals surface area contributed by atoms with Gasteiger partial charge in [-0.3, -0.25) is 4.79 Å². The van der Waals surface area contributed by atoms with Gasteiger partial charge in [0.2, 0.25) is 15.9 Å². The number of nitrogens with one attached hydrogen (secondary N) is 2. The molecule has 1 amide bonds. The molecule has 0 unspecified atom stereocenters. The summed E-state index contributed by atoms with van der Waals surface area (Å²) in [5.74, 6) is -0.124. The van der Waals surface area contributed by atoms with E-state index in [9.17, 15) is 13.2 Å². The van der Waals surface area contributed by atoms with Crippen LogP contribution in [0, 0.1) is 5.92 Å². The Morgan fingerprint density at radius 3 is 2.26 bits per heavy atom. The molecule has 2 N–H and O–H groups in total. The molecule has 2 aromatic heterocycles.